The van der Waals surface area contributed by atoms with E-state index in [0.29, 0.717) is 11.1 Å². The molecule has 0 aliphatic carbocycles. The molecule has 0 spiro atoms. The molecular weight excluding hydrogens is 399 g/mol. The number of carbonyl (C=O) groups excluding carboxylic acids is 2. The number of rotatable bonds is 7. The number of nitriles is 1. The number of sulfone groups is 1. The minimum Gasteiger partial charge on any atom is -0.449 e. The standard InChI is InChI=1S/C20H19FN2O5S/c1-13-3-8-17(11-18(13)21)23-19(24)14(2)28-20(25)16-6-4-15(5-7-16)12-29(26,27)10-9-22/h3-8,11,14H,10,12H2,1-2H3,(H,23,24)/t14-/m1/s1. The van der Waals surface area contributed by atoms with Crippen LogP contribution in [0.15, 0.2) is 42.5 Å². The largest absolute Gasteiger partial charge is 0.449 e. The maximum atomic E-state index is 13.6. The van der Waals surface area contributed by atoms with Crippen LogP contribution in [0.5, 0.6) is 0 Å². The first-order chi connectivity index (χ1) is 13.6. The summed E-state index contributed by atoms with van der Waals surface area (Å²) in [5.74, 6) is -2.77. The fraction of sp³-hybridized carbons (Fsp3) is 0.250. The van der Waals surface area contributed by atoms with Crippen molar-refractivity contribution >= 4 is 27.4 Å². The summed E-state index contributed by atoms with van der Waals surface area (Å²) in [5.41, 5.74) is 1.23. The quantitative estimate of drug-likeness (QED) is 0.692. The van der Waals surface area contributed by atoms with Crippen molar-refractivity contribution < 1.29 is 27.1 Å². The molecule has 0 aliphatic heterocycles. The lowest BCUT2D eigenvalue weighted by molar-refractivity contribution is -0.123. The van der Waals surface area contributed by atoms with Gasteiger partial charge in [-0.25, -0.2) is 17.6 Å². The van der Waals surface area contributed by atoms with Crippen LogP contribution >= 0.6 is 0 Å². The molecule has 1 atom stereocenters. The van der Waals surface area contributed by atoms with Gasteiger partial charge in [0.1, 0.15) is 11.6 Å². The summed E-state index contributed by atoms with van der Waals surface area (Å²) in [6.45, 7) is 2.97. The van der Waals surface area contributed by atoms with Gasteiger partial charge in [-0.1, -0.05) is 18.2 Å². The van der Waals surface area contributed by atoms with Gasteiger partial charge in [0, 0.05) is 5.69 Å². The van der Waals surface area contributed by atoms with E-state index in [2.05, 4.69) is 5.32 Å². The number of nitrogens with one attached hydrogen (secondary N) is 1. The molecule has 2 rings (SSSR count). The minimum absolute atomic E-state index is 0.132. The van der Waals surface area contributed by atoms with Crippen LogP contribution < -0.4 is 5.32 Å². The predicted octanol–water partition coefficient (Wildman–Crippen LogP) is 2.76. The molecule has 0 radical (unpaired) electrons. The van der Waals surface area contributed by atoms with Crippen LogP contribution in [0.25, 0.3) is 0 Å². The molecule has 0 saturated carbocycles. The van der Waals surface area contributed by atoms with Crippen molar-refractivity contribution in [1.82, 2.24) is 0 Å². The molecule has 1 N–H and O–H groups in total. The van der Waals surface area contributed by atoms with Gasteiger partial charge >= 0.3 is 5.97 Å². The predicted molar refractivity (Wildman–Crippen MR) is 104 cm³/mol. The smallest absolute Gasteiger partial charge is 0.338 e. The molecule has 0 fully saturated rings. The maximum absolute atomic E-state index is 13.6. The van der Waals surface area contributed by atoms with E-state index in [9.17, 15) is 22.4 Å². The third-order valence-corrected chi connectivity index (χ3v) is 5.30. The van der Waals surface area contributed by atoms with Crippen molar-refractivity contribution in [3.63, 3.8) is 0 Å². The Morgan fingerprint density at radius 2 is 1.86 bits per heavy atom. The van der Waals surface area contributed by atoms with Crippen molar-refractivity contribution in [2.45, 2.75) is 25.7 Å². The Kier molecular flexibility index (Phi) is 7.07. The first-order valence-corrected chi connectivity index (χ1v) is 10.4. The number of hydrogen-bond donors (Lipinski definition) is 1. The van der Waals surface area contributed by atoms with E-state index in [1.54, 1.807) is 13.0 Å². The number of ether oxygens (including phenoxy) is 1. The summed E-state index contributed by atoms with van der Waals surface area (Å²) >= 11 is 0. The zero-order chi connectivity index (χ0) is 21.6. The lowest BCUT2D eigenvalue weighted by atomic mass is 10.1. The number of esters is 1. The first-order valence-electron chi connectivity index (χ1n) is 8.55. The monoisotopic (exact) mass is 418 g/mol. The molecule has 9 heteroatoms. The van der Waals surface area contributed by atoms with E-state index >= 15 is 0 Å². The van der Waals surface area contributed by atoms with Gasteiger partial charge in [0.15, 0.2) is 15.9 Å². The van der Waals surface area contributed by atoms with Crippen LogP contribution in [-0.4, -0.2) is 32.2 Å². The Balaban J connectivity index is 1.97. The van der Waals surface area contributed by atoms with Gasteiger partial charge in [0.05, 0.1) is 17.4 Å². The molecule has 7 nitrogen and oxygen atoms in total. The summed E-state index contributed by atoms with van der Waals surface area (Å²) in [6.07, 6.45) is -1.14. The van der Waals surface area contributed by atoms with Crippen molar-refractivity contribution in [3.05, 3.63) is 65.0 Å². The molecule has 152 valence electrons. The zero-order valence-corrected chi connectivity index (χ0v) is 16.6. The molecule has 0 bridgehead atoms. The van der Waals surface area contributed by atoms with E-state index in [1.165, 1.54) is 49.4 Å². The number of amides is 1. The number of aryl methyl sites for hydroxylation is 1. The number of hydrogen-bond acceptors (Lipinski definition) is 6. The van der Waals surface area contributed by atoms with E-state index in [1.807, 2.05) is 0 Å². The van der Waals surface area contributed by atoms with Crippen LogP contribution in [0.2, 0.25) is 0 Å². The van der Waals surface area contributed by atoms with Gasteiger partial charge in [0.2, 0.25) is 0 Å². The SMILES string of the molecule is Cc1ccc(NC(=O)[C@@H](C)OC(=O)c2ccc(CS(=O)(=O)CC#N)cc2)cc1F. The third-order valence-electron chi connectivity index (χ3n) is 3.95. The number of anilines is 1. The third kappa shape index (κ3) is 6.40. The Bertz CT molecular complexity index is 1060. The molecule has 0 unspecified atom stereocenters. The maximum Gasteiger partial charge on any atom is 0.338 e. The van der Waals surface area contributed by atoms with E-state index < -0.39 is 39.4 Å². The molecule has 0 aromatic heterocycles. The topological polar surface area (TPSA) is 113 Å². The van der Waals surface area contributed by atoms with Crippen LogP contribution in [-0.2, 0) is 25.1 Å². The molecule has 0 heterocycles. The highest BCUT2D eigenvalue weighted by Gasteiger charge is 2.20. The first kappa shape index (κ1) is 22.0. The second kappa shape index (κ2) is 9.30. The fourth-order valence-corrected chi connectivity index (χ4v) is 3.34. The van der Waals surface area contributed by atoms with E-state index in [4.69, 9.17) is 10.00 Å². The number of nitrogens with zero attached hydrogens (tertiary/aromatic N) is 1. The number of benzene rings is 2. The Morgan fingerprint density at radius 1 is 1.21 bits per heavy atom. The van der Waals surface area contributed by atoms with Crippen LogP contribution in [0.4, 0.5) is 10.1 Å². The highest BCUT2D eigenvalue weighted by molar-refractivity contribution is 7.90. The van der Waals surface area contributed by atoms with Crippen molar-refractivity contribution in [2.75, 3.05) is 11.1 Å². The number of halogens is 1. The Morgan fingerprint density at radius 3 is 2.45 bits per heavy atom. The highest BCUT2D eigenvalue weighted by Crippen LogP contribution is 2.15. The molecule has 0 aliphatic rings. The van der Waals surface area contributed by atoms with Crippen molar-refractivity contribution in [2.24, 2.45) is 0 Å². The fourth-order valence-electron chi connectivity index (χ4n) is 2.34. The second-order valence-electron chi connectivity index (χ2n) is 6.39. The van der Waals surface area contributed by atoms with Gasteiger partial charge in [-0.05, 0) is 49.2 Å². The summed E-state index contributed by atoms with van der Waals surface area (Å²) < 4.78 is 41.9. The average molecular weight is 418 g/mol. The molecule has 29 heavy (non-hydrogen) atoms. The molecule has 0 saturated heterocycles. The van der Waals surface area contributed by atoms with Gasteiger partial charge < -0.3 is 10.1 Å². The molecule has 2 aromatic carbocycles. The summed E-state index contributed by atoms with van der Waals surface area (Å²) in [6, 6.07) is 11.4. The Labute approximate surface area is 168 Å². The van der Waals surface area contributed by atoms with E-state index in [0.717, 1.165) is 0 Å². The van der Waals surface area contributed by atoms with Crippen molar-refractivity contribution in [3.8, 4) is 6.07 Å². The summed E-state index contributed by atoms with van der Waals surface area (Å²) in [7, 11) is -3.54. The van der Waals surface area contributed by atoms with Crippen LogP contribution in [0, 0.1) is 24.1 Å². The molecular formula is C20H19FN2O5S. The second-order valence-corrected chi connectivity index (χ2v) is 8.45. The summed E-state index contributed by atoms with van der Waals surface area (Å²) in [5, 5.41) is 11.0. The van der Waals surface area contributed by atoms with Gasteiger partial charge in [-0.15, -0.1) is 0 Å². The highest BCUT2D eigenvalue weighted by atomic mass is 32.2. The minimum atomic E-state index is -3.54. The lowest BCUT2D eigenvalue weighted by Gasteiger charge is -2.14. The normalized spacial score (nSPS) is 11.9. The van der Waals surface area contributed by atoms with Crippen molar-refractivity contribution in [1.29, 1.82) is 5.26 Å². The van der Waals surface area contributed by atoms with Crippen LogP contribution in [0.1, 0.15) is 28.4 Å². The lowest BCUT2D eigenvalue weighted by Crippen LogP contribution is -2.30. The average Bonchev–Trinajstić information content (AvgIpc) is 2.64. The Hall–Kier alpha value is -3.25. The van der Waals surface area contributed by atoms with Crippen LogP contribution in [0.3, 0.4) is 0 Å². The summed E-state index contributed by atoms with van der Waals surface area (Å²) in [4.78, 5) is 24.3. The molecule has 2 aromatic rings. The number of carbonyl (C=O) groups is 2. The molecule has 1 amide bonds. The van der Waals surface area contributed by atoms with Gasteiger partial charge in [-0.2, -0.15) is 5.26 Å². The van der Waals surface area contributed by atoms with Gasteiger partial charge in [-0.3, -0.25) is 4.79 Å². The van der Waals surface area contributed by atoms with Gasteiger partial charge in [0.25, 0.3) is 5.91 Å². The van der Waals surface area contributed by atoms with E-state index in [-0.39, 0.29) is 17.0 Å². The zero-order valence-electron chi connectivity index (χ0n) is 15.8.